The minimum atomic E-state index is -1.20. The Labute approximate surface area is 115 Å². The minimum absolute atomic E-state index is 0.219. The van der Waals surface area contributed by atoms with Crippen molar-refractivity contribution in [2.24, 2.45) is 5.92 Å². The Morgan fingerprint density at radius 1 is 1.21 bits per heavy atom. The summed E-state index contributed by atoms with van der Waals surface area (Å²) in [6, 6.07) is 0.105. The average Bonchev–Trinajstić information content (AvgIpc) is 2.69. The van der Waals surface area contributed by atoms with Gasteiger partial charge in [-0.15, -0.1) is 0 Å². The highest BCUT2D eigenvalue weighted by molar-refractivity contribution is 5.85. The van der Waals surface area contributed by atoms with E-state index in [9.17, 15) is 14.7 Å². The number of carbonyl (C=O) groups is 2. The largest absolute Gasteiger partial charge is 0.480 e. The van der Waals surface area contributed by atoms with Gasteiger partial charge in [0.2, 0.25) is 0 Å². The highest BCUT2D eigenvalue weighted by Gasteiger charge is 2.41. The third-order valence-corrected chi connectivity index (χ3v) is 4.16. The number of urea groups is 1. The Kier molecular flexibility index (Phi) is 4.45. The van der Waals surface area contributed by atoms with Crippen LogP contribution in [0.2, 0.25) is 0 Å². The molecule has 2 atom stereocenters. The summed E-state index contributed by atoms with van der Waals surface area (Å²) in [6.45, 7) is 6.50. The summed E-state index contributed by atoms with van der Waals surface area (Å²) in [4.78, 5) is 28.7. The van der Waals surface area contributed by atoms with Gasteiger partial charge < -0.3 is 19.8 Å². The maximum atomic E-state index is 12.4. The predicted octanol–water partition coefficient (Wildman–Crippen LogP) is 0.783. The number of aliphatic carboxylic acids is 1. The molecule has 0 saturated carbocycles. The van der Waals surface area contributed by atoms with Crippen LogP contribution in [-0.4, -0.2) is 77.6 Å². The van der Waals surface area contributed by atoms with E-state index in [4.69, 9.17) is 0 Å². The molecule has 6 heteroatoms. The summed E-state index contributed by atoms with van der Waals surface area (Å²) >= 11 is 0. The van der Waals surface area contributed by atoms with Crippen LogP contribution in [0.5, 0.6) is 0 Å². The first-order valence-electron chi connectivity index (χ1n) is 6.51. The van der Waals surface area contributed by atoms with Crippen molar-refractivity contribution in [3.8, 4) is 0 Å². The average molecular weight is 271 g/mol. The van der Waals surface area contributed by atoms with E-state index in [2.05, 4.69) is 11.8 Å². The molecule has 0 aromatic heterocycles. The number of likely N-dealkylation sites (N-methyl/N-ethyl adjacent to an activating group) is 2. The molecule has 1 saturated heterocycles. The molecule has 0 bridgehead atoms. The van der Waals surface area contributed by atoms with Crippen molar-refractivity contribution in [3.05, 3.63) is 0 Å². The standard InChI is InChI=1S/C13H25N3O3/c1-9-7-16(8-10(9)14(4)5)12(19)15(6)13(2,3)11(17)18/h9-10H,7-8H2,1-6H3,(H,17,18). The highest BCUT2D eigenvalue weighted by atomic mass is 16.4. The summed E-state index contributed by atoms with van der Waals surface area (Å²) in [7, 11) is 5.55. The molecule has 0 radical (unpaired) electrons. The molecule has 0 aromatic carbocycles. The van der Waals surface area contributed by atoms with Gasteiger partial charge in [0.05, 0.1) is 0 Å². The van der Waals surface area contributed by atoms with Crippen molar-refractivity contribution in [2.75, 3.05) is 34.2 Å². The van der Waals surface area contributed by atoms with E-state index in [1.807, 2.05) is 14.1 Å². The lowest BCUT2D eigenvalue weighted by molar-refractivity contribution is -0.147. The van der Waals surface area contributed by atoms with Gasteiger partial charge in [0.25, 0.3) is 0 Å². The molecule has 2 unspecified atom stereocenters. The monoisotopic (exact) mass is 271 g/mol. The van der Waals surface area contributed by atoms with E-state index in [1.54, 1.807) is 11.9 Å². The van der Waals surface area contributed by atoms with Crippen molar-refractivity contribution in [1.29, 1.82) is 0 Å². The van der Waals surface area contributed by atoms with Gasteiger partial charge >= 0.3 is 12.0 Å². The second kappa shape index (κ2) is 5.36. The van der Waals surface area contributed by atoms with Crippen LogP contribution in [0, 0.1) is 5.92 Å². The summed E-state index contributed by atoms with van der Waals surface area (Å²) < 4.78 is 0. The second-order valence-electron chi connectivity index (χ2n) is 6.12. The molecule has 19 heavy (non-hydrogen) atoms. The van der Waals surface area contributed by atoms with Crippen LogP contribution in [0.3, 0.4) is 0 Å². The molecule has 1 heterocycles. The zero-order valence-electron chi connectivity index (χ0n) is 12.7. The number of rotatable bonds is 3. The Bertz CT molecular complexity index is 368. The molecule has 1 N–H and O–H groups in total. The maximum absolute atomic E-state index is 12.4. The summed E-state index contributed by atoms with van der Waals surface area (Å²) in [5.74, 6) is -0.611. The summed E-state index contributed by atoms with van der Waals surface area (Å²) in [5.41, 5.74) is -1.20. The number of carboxylic acid groups (broad SMARTS) is 1. The molecule has 2 amide bonds. The van der Waals surface area contributed by atoms with E-state index in [1.165, 1.54) is 18.7 Å². The van der Waals surface area contributed by atoms with E-state index in [-0.39, 0.29) is 6.03 Å². The number of carbonyl (C=O) groups excluding carboxylic acids is 1. The Morgan fingerprint density at radius 2 is 1.74 bits per heavy atom. The van der Waals surface area contributed by atoms with Crippen LogP contribution in [0.4, 0.5) is 4.79 Å². The van der Waals surface area contributed by atoms with Gasteiger partial charge in [0.1, 0.15) is 5.54 Å². The molecular weight excluding hydrogens is 246 g/mol. The van der Waals surface area contributed by atoms with Crippen LogP contribution in [0.15, 0.2) is 0 Å². The number of hydrogen-bond acceptors (Lipinski definition) is 3. The lowest BCUT2D eigenvalue weighted by atomic mass is 10.0. The quantitative estimate of drug-likeness (QED) is 0.824. The predicted molar refractivity (Wildman–Crippen MR) is 73.1 cm³/mol. The van der Waals surface area contributed by atoms with Crippen LogP contribution in [0.1, 0.15) is 20.8 Å². The van der Waals surface area contributed by atoms with Crippen molar-refractivity contribution >= 4 is 12.0 Å². The first kappa shape index (κ1) is 15.8. The molecular formula is C13H25N3O3. The van der Waals surface area contributed by atoms with Gasteiger partial charge in [-0.25, -0.2) is 9.59 Å². The smallest absolute Gasteiger partial charge is 0.329 e. The Morgan fingerprint density at radius 3 is 2.11 bits per heavy atom. The fraction of sp³-hybridized carbons (Fsp3) is 0.846. The molecule has 110 valence electrons. The molecule has 1 rings (SSSR count). The SMILES string of the molecule is CC1CN(C(=O)N(C)C(C)(C)C(=O)O)CC1N(C)C. The maximum Gasteiger partial charge on any atom is 0.329 e. The van der Waals surface area contributed by atoms with Gasteiger partial charge in [0.15, 0.2) is 0 Å². The zero-order chi connectivity index (χ0) is 15.0. The number of hydrogen-bond donors (Lipinski definition) is 1. The minimum Gasteiger partial charge on any atom is -0.480 e. The van der Waals surface area contributed by atoms with E-state index >= 15 is 0 Å². The van der Waals surface area contributed by atoms with E-state index in [0.29, 0.717) is 25.0 Å². The van der Waals surface area contributed by atoms with Crippen molar-refractivity contribution in [1.82, 2.24) is 14.7 Å². The van der Waals surface area contributed by atoms with Crippen molar-refractivity contribution in [3.63, 3.8) is 0 Å². The summed E-state index contributed by atoms with van der Waals surface area (Å²) in [6.07, 6.45) is 0. The number of likely N-dealkylation sites (tertiary alicyclic amines) is 1. The third-order valence-electron chi connectivity index (χ3n) is 4.16. The number of carboxylic acids is 1. The van der Waals surface area contributed by atoms with Crippen molar-refractivity contribution < 1.29 is 14.7 Å². The molecule has 1 fully saturated rings. The molecule has 1 aliphatic heterocycles. The van der Waals surface area contributed by atoms with Gasteiger partial charge in [-0.3, -0.25) is 0 Å². The van der Waals surface area contributed by atoms with Gasteiger partial charge in [-0.05, 0) is 33.9 Å². The normalized spacial score (nSPS) is 23.8. The first-order valence-corrected chi connectivity index (χ1v) is 6.51. The lowest BCUT2D eigenvalue weighted by Crippen LogP contribution is -2.55. The fourth-order valence-electron chi connectivity index (χ4n) is 2.37. The summed E-state index contributed by atoms with van der Waals surface area (Å²) in [5, 5.41) is 9.17. The van der Waals surface area contributed by atoms with Crippen molar-refractivity contribution in [2.45, 2.75) is 32.4 Å². The topological polar surface area (TPSA) is 64.1 Å². The van der Waals surface area contributed by atoms with Crippen LogP contribution < -0.4 is 0 Å². The van der Waals surface area contributed by atoms with Gasteiger partial charge in [-0.1, -0.05) is 6.92 Å². The highest BCUT2D eigenvalue weighted by Crippen LogP contribution is 2.23. The molecule has 1 aliphatic rings. The molecule has 0 aromatic rings. The number of amides is 2. The second-order valence-corrected chi connectivity index (χ2v) is 6.12. The first-order chi connectivity index (χ1) is 8.59. The molecule has 6 nitrogen and oxygen atoms in total. The molecule has 0 spiro atoms. The Balaban J connectivity index is 2.78. The number of nitrogens with zero attached hydrogens (tertiary/aromatic N) is 3. The lowest BCUT2D eigenvalue weighted by Gasteiger charge is -2.34. The van der Waals surface area contributed by atoms with E-state index in [0.717, 1.165) is 0 Å². The van der Waals surface area contributed by atoms with Crippen LogP contribution in [-0.2, 0) is 4.79 Å². The van der Waals surface area contributed by atoms with Crippen LogP contribution in [0.25, 0.3) is 0 Å². The Hall–Kier alpha value is -1.30. The van der Waals surface area contributed by atoms with Crippen LogP contribution >= 0.6 is 0 Å². The fourth-order valence-corrected chi connectivity index (χ4v) is 2.37. The van der Waals surface area contributed by atoms with E-state index < -0.39 is 11.5 Å². The molecule has 0 aliphatic carbocycles. The third kappa shape index (κ3) is 3.00. The van der Waals surface area contributed by atoms with Gasteiger partial charge in [0, 0.05) is 26.2 Å². The van der Waals surface area contributed by atoms with Gasteiger partial charge in [-0.2, -0.15) is 0 Å². The zero-order valence-corrected chi connectivity index (χ0v) is 12.7.